The average Bonchev–Trinajstić information content (AvgIpc) is 2.95. The Morgan fingerprint density at radius 2 is 2.14 bits per heavy atom. The summed E-state index contributed by atoms with van der Waals surface area (Å²) >= 11 is 5.65. The van der Waals surface area contributed by atoms with E-state index in [0.29, 0.717) is 11.4 Å². The molecule has 1 N–H and O–H groups in total. The fraction of sp³-hybridized carbons (Fsp3) is 0.200. The van der Waals surface area contributed by atoms with Crippen molar-refractivity contribution in [2.24, 2.45) is 0 Å². The smallest absolute Gasteiger partial charge is 0.244 e. The van der Waals surface area contributed by atoms with Crippen molar-refractivity contribution in [1.29, 1.82) is 0 Å². The average molecular weight is 325 g/mol. The van der Waals surface area contributed by atoms with Crippen LogP contribution in [0.15, 0.2) is 41.0 Å². The van der Waals surface area contributed by atoms with Gasteiger partial charge in [-0.05, 0) is 30.3 Å². The maximum absolute atomic E-state index is 13.1. The largest absolute Gasteiger partial charge is 0.467 e. The van der Waals surface area contributed by atoms with Crippen LogP contribution in [-0.4, -0.2) is 23.3 Å². The number of anilines is 1. The minimum Gasteiger partial charge on any atom is -0.467 e. The molecule has 0 saturated heterocycles. The summed E-state index contributed by atoms with van der Waals surface area (Å²) in [6.07, 6.45) is 1.49. The molecule has 2 rings (SSSR count). The van der Waals surface area contributed by atoms with Crippen molar-refractivity contribution in [2.45, 2.75) is 13.5 Å². The van der Waals surface area contributed by atoms with Gasteiger partial charge in [0.1, 0.15) is 18.1 Å². The van der Waals surface area contributed by atoms with Crippen LogP contribution in [0.25, 0.3) is 0 Å². The third-order valence-corrected chi connectivity index (χ3v) is 3.20. The van der Waals surface area contributed by atoms with Crippen LogP contribution in [0.2, 0.25) is 5.02 Å². The highest BCUT2D eigenvalue weighted by molar-refractivity contribution is 6.31. The summed E-state index contributed by atoms with van der Waals surface area (Å²) in [5, 5.41) is 2.47. The van der Waals surface area contributed by atoms with E-state index >= 15 is 0 Å². The number of nitrogens with one attached hydrogen (secondary N) is 1. The molecule has 7 heteroatoms. The lowest BCUT2D eigenvalue weighted by molar-refractivity contribution is -0.133. The molecule has 0 aliphatic heterocycles. The van der Waals surface area contributed by atoms with Crippen molar-refractivity contribution in [3.63, 3.8) is 0 Å². The van der Waals surface area contributed by atoms with Crippen LogP contribution >= 0.6 is 11.6 Å². The number of benzene rings is 1. The predicted octanol–water partition coefficient (Wildman–Crippen LogP) is 3.06. The SMILES string of the molecule is CC(=O)N(CC(=O)Nc1ccc(F)c(Cl)c1)Cc1ccco1. The first-order chi connectivity index (χ1) is 10.5. The highest BCUT2D eigenvalue weighted by atomic mass is 35.5. The molecule has 0 bridgehead atoms. The second-order valence-electron chi connectivity index (χ2n) is 4.63. The summed E-state index contributed by atoms with van der Waals surface area (Å²) in [6, 6.07) is 7.27. The maximum Gasteiger partial charge on any atom is 0.244 e. The monoisotopic (exact) mass is 324 g/mol. The molecule has 0 spiro atoms. The molecule has 5 nitrogen and oxygen atoms in total. The zero-order chi connectivity index (χ0) is 16.1. The molecule has 0 aliphatic carbocycles. The van der Waals surface area contributed by atoms with Crippen LogP contribution in [0.1, 0.15) is 12.7 Å². The van der Waals surface area contributed by atoms with Gasteiger partial charge in [0.25, 0.3) is 0 Å². The molecule has 2 aromatic rings. The lowest BCUT2D eigenvalue weighted by Crippen LogP contribution is -2.36. The van der Waals surface area contributed by atoms with Gasteiger partial charge in [0.05, 0.1) is 17.8 Å². The van der Waals surface area contributed by atoms with Gasteiger partial charge in [0.2, 0.25) is 11.8 Å². The topological polar surface area (TPSA) is 62.6 Å². The Bertz CT molecular complexity index is 673. The number of carbonyl (C=O) groups is 2. The van der Waals surface area contributed by atoms with Crippen molar-refractivity contribution < 1.29 is 18.4 Å². The minimum atomic E-state index is -0.567. The van der Waals surface area contributed by atoms with E-state index in [2.05, 4.69) is 5.32 Å². The molecule has 22 heavy (non-hydrogen) atoms. The highest BCUT2D eigenvalue weighted by Gasteiger charge is 2.15. The van der Waals surface area contributed by atoms with Crippen LogP contribution < -0.4 is 5.32 Å². The van der Waals surface area contributed by atoms with Gasteiger partial charge in [0, 0.05) is 12.6 Å². The molecule has 1 aromatic heterocycles. The van der Waals surface area contributed by atoms with E-state index in [1.54, 1.807) is 12.1 Å². The van der Waals surface area contributed by atoms with E-state index in [1.807, 2.05) is 0 Å². The molecule has 0 saturated carbocycles. The first-order valence-electron chi connectivity index (χ1n) is 6.48. The molecule has 2 amide bonds. The van der Waals surface area contributed by atoms with Crippen molar-refractivity contribution in [2.75, 3.05) is 11.9 Å². The van der Waals surface area contributed by atoms with E-state index in [1.165, 1.54) is 30.2 Å². The van der Waals surface area contributed by atoms with Crippen LogP contribution in [0.5, 0.6) is 0 Å². The fourth-order valence-electron chi connectivity index (χ4n) is 1.82. The number of amides is 2. The van der Waals surface area contributed by atoms with Crippen molar-refractivity contribution in [3.8, 4) is 0 Å². The van der Waals surface area contributed by atoms with Gasteiger partial charge in [-0.3, -0.25) is 9.59 Å². The van der Waals surface area contributed by atoms with E-state index in [9.17, 15) is 14.0 Å². The van der Waals surface area contributed by atoms with Gasteiger partial charge >= 0.3 is 0 Å². The molecular weight excluding hydrogens is 311 g/mol. The fourth-order valence-corrected chi connectivity index (χ4v) is 2.00. The van der Waals surface area contributed by atoms with Gasteiger partial charge in [-0.15, -0.1) is 0 Å². The Labute approximate surface area is 131 Å². The van der Waals surface area contributed by atoms with Gasteiger partial charge in [0.15, 0.2) is 0 Å². The lowest BCUT2D eigenvalue weighted by atomic mass is 10.3. The molecular formula is C15H14ClFN2O3. The number of furan rings is 1. The summed E-state index contributed by atoms with van der Waals surface area (Å²) in [5.74, 6) is -0.663. The number of hydrogen-bond acceptors (Lipinski definition) is 3. The van der Waals surface area contributed by atoms with Crippen LogP contribution in [0.4, 0.5) is 10.1 Å². The maximum atomic E-state index is 13.1. The van der Waals surface area contributed by atoms with E-state index in [-0.39, 0.29) is 24.0 Å². The van der Waals surface area contributed by atoms with Crippen LogP contribution in [0, 0.1) is 5.82 Å². The molecule has 0 unspecified atom stereocenters. The first kappa shape index (κ1) is 16.0. The van der Waals surface area contributed by atoms with Crippen LogP contribution in [-0.2, 0) is 16.1 Å². The Kier molecular flexibility index (Phi) is 5.16. The molecule has 116 valence electrons. The second-order valence-corrected chi connectivity index (χ2v) is 5.04. The molecule has 0 aliphatic rings. The molecule has 0 fully saturated rings. The molecule has 1 heterocycles. The Hall–Kier alpha value is -2.34. The van der Waals surface area contributed by atoms with Gasteiger partial charge < -0.3 is 14.6 Å². The normalized spacial score (nSPS) is 10.3. The van der Waals surface area contributed by atoms with Gasteiger partial charge in [-0.25, -0.2) is 4.39 Å². The summed E-state index contributed by atoms with van der Waals surface area (Å²) in [6.45, 7) is 1.41. The third-order valence-electron chi connectivity index (χ3n) is 2.91. The number of hydrogen-bond donors (Lipinski definition) is 1. The molecule has 1 aromatic carbocycles. The standard InChI is InChI=1S/C15H14ClFN2O3/c1-10(20)19(8-12-3-2-6-22-12)9-15(21)18-11-4-5-14(17)13(16)7-11/h2-7H,8-9H2,1H3,(H,18,21). The van der Waals surface area contributed by atoms with Crippen molar-refractivity contribution in [1.82, 2.24) is 4.90 Å². The Morgan fingerprint density at radius 1 is 1.36 bits per heavy atom. The predicted molar refractivity (Wildman–Crippen MR) is 79.8 cm³/mol. The van der Waals surface area contributed by atoms with E-state index < -0.39 is 11.7 Å². The minimum absolute atomic E-state index is 0.0863. The van der Waals surface area contributed by atoms with Crippen molar-refractivity contribution in [3.05, 3.63) is 53.2 Å². The van der Waals surface area contributed by atoms with Crippen molar-refractivity contribution >= 4 is 29.1 Å². The van der Waals surface area contributed by atoms with E-state index in [0.717, 1.165) is 6.07 Å². The Morgan fingerprint density at radius 3 is 2.73 bits per heavy atom. The second kappa shape index (κ2) is 7.09. The highest BCUT2D eigenvalue weighted by Crippen LogP contribution is 2.19. The van der Waals surface area contributed by atoms with Gasteiger partial charge in [-0.1, -0.05) is 11.6 Å². The number of halogens is 2. The van der Waals surface area contributed by atoms with Crippen LogP contribution in [0.3, 0.4) is 0 Å². The van der Waals surface area contributed by atoms with E-state index in [4.69, 9.17) is 16.0 Å². The molecule has 0 radical (unpaired) electrons. The summed E-state index contributed by atoms with van der Waals surface area (Å²) in [5.41, 5.74) is 0.359. The number of nitrogens with zero attached hydrogens (tertiary/aromatic N) is 1. The summed E-state index contributed by atoms with van der Waals surface area (Å²) < 4.78 is 18.2. The lowest BCUT2D eigenvalue weighted by Gasteiger charge is -2.19. The zero-order valence-electron chi connectivity index (χ0n) is 11.8. The van der Waals surface area contributed by atoms with Gasteiger partial charge in [-0.2, -0.15) is 0 Å². The number of carbonyl (C=O) groups excluding carboxylic acids is 2. The first-order valence-corrected chi connectivity index (χ1v) is 6.86. The summed E-state index contributed by atoms with van der Waals surface area (Å²) in [4.78, 5) is 24.9. The quantitative estimate of drug-likeness (QED) is 0.919. The molecule has 0 atom stereocenters. The zero-order valence-corrected chi connectivity index (χ0v) is 12.6. The third kappa shape index (κ3) is 4.33. The summed E-state index contributed by atoms with van der Waals surface area (Å²) in [7, 11) is 0. The number of rotatable bonds is 5. The Balaban J connectivity index is 1.98.